The molecular weight excluding hydrogens is 332 g/mol. The monoisotopic (exact) mass is 354 g/mol. The summed E-state index contributed by atoms with van der Waals surface area (Å²) >= 11 is 0. The highest BCUT2D eigenvalue weighted by atomic mass is 35.5. The second kappa shape index (κ2) is 7.81. The molecule has 1 aliphatic heterocycles. The van der Waals surface area contributed by atoms with E-state index in [1.807, 2.05) is 6.92 Å². The van der Waals surface area contributed by atoms with Crippen LogP contribution in [0.25, 0.3) is 5.65 Å². The van der Waals surface area contributed by atoms with E-state index in [-0.39, 0.29) is 23.9 Å². The molecule has 0 aromatic carbocycles. The van der Waals surface area contributed by atoms with Crippen molar-refractivity contribution in [1.82, 2.24) is 19.9 Å². The molecule has 2 aromatic heterocycles. The Balaban J connectivity index is 0.00000208. The van der Waals surface area contributed by atoms with Gasteiger partial charge in [0.25, 0.3) is 5.56 Å². The third-order valence-electron chi connectivity index (χ3n) is 4.22. The van der Waals surface area contributed by atoms with Crippen LogP contribution in [-0.2, 0) is 4.74 Å². The average molecular weight is 355 g/mol. The summed E-state index contributed by atoms with van der Waals surface area (Å²) in [7, 11) is 0. The van der Waals surface area contributed by atoms with E-state index in [0.29, 0.717) is 23.5 Å². The van der Waals surface area contributed by atoms with Crippen molar-refractivity contribution in [2.75, 3.05) is 19.7 Å². The maximum absolute atomic E-state index is 12.3. The minimum absolute atomic E-state index is 0. The first-order chi connectivity index (χ1) is 11.1. The number of halogens is 1. The topological polar surface area (TPSA) is 88.5 Å². The Labute approximate surface area is 146 Å². The minimum atomic E-state index is -0.433. The van der Waals surface area contributed by atoms with Gasteiger partial charge in [0.2, 0.25) is 0 Å². The number of carbonyl (C=O) groups excluding carboxylic acids is 1. The summed E-state index contributed by atoms with van der Waals surface area (Å²) in [6.07, 6.45) is 2.65. The summed E-state index contributed by atoms with van der Waals surface area (Å²) in [4.78, 5) is 27.1. The Morgan fingerprint density at radius 1 is 1.42 bits per heavy atom. The van der Waals surface area contributed by atoms with Crippen molar-refractivity contribution < 1.29 is 9.53 Å². The first-order valence-electron chi connectivity index (χ1n) is 8.12. The highest BCUT2D eigenvalue weighted by Gasteiger charge is 2.24. The number of nitrogens with one attached hydrogen (secondary N) is 2. The molecule has 0 atom stereocenters. The van der Waals surface area contributed by atoms with Gasteiger partial charge < -0.3 is 15.0 Å². The molecular formula is C16H23ClN4O3. The lowest BCUT2D eigenvalue weighted by atomic mass is 9.94. The molecule has 0 bridgehead atoms. The van der Waals surface area contributed by atoms with Gasteiger partial charge in [-0.3, -0.25) is 4.79 Å². The van der Waals surface area contributed by atoms with Crippen LogP contribution in [0.4, 0.5) is 0 Å². The number of carbonyl (C=O) groups is 1. The predicted molar refractivity (Wildman–Crippen MR) is 93.2 cm³/mol. The van der Waals surface area contributed by atoms with Crippen LogP contribution in [0.5, 0.6) is 0 Å². The summed E-state index contributed by atoms with van der Waals surface area (Å²) in [5.74, 6) is -0.169. The van der Waals surface area contributed by atoms with Crippen LogP contribution in [0.2, 0.25) is 0 Å². The van der Waals surface area contributed by atoms with Gasteiger partial charge >= 0.3 is 5.97 Å². The maximum Gasteiger partial charge on any atom is 0.343 e. The molecule has 24 heavy (non-hydrogen) atoms. The summed E-state index contributed by atoms with van der Waals surface area (Å²) in [6.45, 7) is 5.90. The van der Waals surface area contributed by atoms with Crippen LogP contribution < -0.4 is 10.9 Å². The molecule has 1 aliphatic rings. The van der Waals surface area contributed by atoms with E-state index >= 15 is 0 Å². The molecule has 1 saturated heterocycles. The zero-order chi connectivity index (χ0) is 16.4. The third-order valence-corrected chi connectivity index (χ3v) is 4.22. The number of esters is 1. The van der Waals surface area contributed by atoms with Crippen LogP contribution in [0.3, 0.4) is 0 Å². The van der Waals surface area contributed by atoms with E-state index in [2.05, 4.69) is 15.4 Å². The summed E-state index contributed by atoms with van der Waals surface area (Å²) in [5.41, 5.74) is 2.01. The van der Waals surface area contributed by atoms with Crippen LogP contribution in [-0.4, -0.2) is 40.3 Å². The van der Waals surface area contributed by atoms with Gasteiger partial charge in [-0.1, -0.05) is 6.92 Å². The lowest BCUT2D eigenvalue weighted by Crippen LogP contribution is -2.28. The summed E-state index contributed by atoms with van der Waals surface area (Å²) < 4.78 is 6.93. The largest absolute Gasteiger partial charge is 0.462 e. The number of hydrogen-bond acceptors (Lipinski definition) is 5. The van der Waals surface area contributed by atoms with Crippen LogP contribution >= 0.6 is 12.4 Å². The zero-order valence-electron chi connectivity index (χ0n) is 13.9. The smallest absolute Gasteiger partial charge is 0.343 e. The van der Waals surface area contributed by atoms with E-state index in [0.717, 1.165) is 38.0 Å². The molecule has 0 radical (unpaired) electrons. The van der Waals surface area contributed by atoms with Crippen molar-refractivity contribution in [2.45, 2.75) is 39.0 Å². The van der Waals surface area contributed by atoms with E-state index in [4.69, 9.17) is 4.74 Å². The Kier molecular flexibility index (Phi) is 6.01. The van der Waals surface area contributed by atoms with E-state index < -0.39 is 5.97 Å². The highest BCUT2D eigenvalue weighted by Crippen LogP contribution is 2.26. The second-order valence-electron chi connectivity index (χ2n) is 5.94. The number of ether oxygens (including phenoxy) is 1. The number of piperidine rings is 1. The molecule has 7 nitrogen and oxygen atoms in total. The SMILES string of the molecule is CCCOC(=O)c1c(C)nn2c(C3CCNCC3)cc(=O)[nH]c12.Cl. The number of aromatic nitrogens is 3. The van der Waals surface area contributed by atoms with E-state index in [1.54, 1.807) is 17.5 Å². The quantitative estimate of drug-likeness (QED) is 0.817. The van der Waals surface area contributed by atoms with Crippen molar-refractivity contribution in [2.24, 2.45) is 0 Å². The average Bonchev–Trinajstić information content (AvgIpc) is 2.88. The van der Waals surface area contributed by atoms with Crippen molar-refractivity contribution in [3.63, 3.8) is 0 Å². The summed E-state index contributed by atoms with van der Waals surface area (Å²) in [5, 5.41) is 7.80. The Morgan fingerprint density at radius 2 is 2.12 bits per heavy atom. The van der Waals surface area contributed by atoms with Gasteiger partial charge in [-0.25, -0.2) is 9.31 Å². The molecule has 8 heteroatoms. The molecule has 3 rings (SSSR count). The molecule has 0 amide bonds. The normalized spacial score (nSPS) is 15.2. The van der Waals surface area contributed by atoms with Gasteiger partial charge in [0, 0.05) is 12.0 Å². The lowest BCUT2D eigenvalue weighted by Gasteiger charge is -2.23. The fourth-order valence-corrected chi connectivity index (χ4v) is 3.10. The fraction of sp³-hybridized carbons (Fsp3) is 0.562. The third kappa shape index (κ3) is 3.47. The Hall–Kier alpha value is -1.86. The second-order valence-corrected chi connectivity index (χ2v) is 5.94. The first kappa shape index (κ1) is 18.5. The fourth-order valence-electron chi connectivity index (χ4n) is 3.10. The number of nitrogens with zero attached hydrogens (tertiary/aromatic N) is 2. The van der Waals surface area contributed by atoms with Crippen LogP contribution in [0.15, 0.2) is 10.9 Å². The number of H-pyrrole nitrogens is 1. The zero-order valence-corrected chi connectivity index (χ0v) is 14.7. The number of aryl methyl sites for hydroxylation is 1. The van der Waals surface area contributed by atoms with Crippen molar-refractivity contribution >= 4 is 24.0 Å². The van der Waals surface area contributed by atoms with Gasteiger partial charge in [0.05, 0.1) is 18.0 Å². The number of hydrogen-bond donors (Lipinski definition) is 2. The van der Waals surface area contributed by atoms with Crippen molar-refractivity contribution in [1.29, 1.82) is 0 Å². The standard InChI is InChI=1S/C16H22N4O3.ClH/c1-3-8-23-16(22)14-10(2)19-20-12(9-13(21)18-15(14)20)11-4-6-17-7-5-11;/h9,11,17H,3-8H2,1-2H3,(H,18,21);1H. The molecule has 0 aliphatic carbocycles. The van der Waals surface area contributed by atoms with Crippen molar-refractivity contribution in [3.05, 3.63) is 33.4 Å². The molecule has 132 valence electrons. The molecule has 2 N–H and O–H groups in total. The van der Waals surface area contributed by atoms with Gasteiger partial charge in [-0.15, -0.1) is 12.4 Å². The van der Waals surface area contributed by atoms with Gasteiger partial charge in [-0.2, -0.15) is 5.10 Å². The van der Waals surface area contributed by atoms with Crippen LogP contribution in [0.1, 0.15) is 53.8 Å². The molecule has 0 unspecified atom stereocenters. The predicted octanol–water partition coefficient (Wildman–Crippen LogP) is 1.79. The molecule has 1 fully saturated rings. The van der Waals surface area contributed by atoms with E-state index in [9.17, 15) is 9.59 Å². The van der Waals surface area contributed by atoms with Gasteiger partial charge in [0.1, 0.15) is 5.56 Å². The maximum atomic E-state index is 12.3. The van der Waals surface area contributed by atoms with Crippen LogP contribution in [0, 0.1) is 6.92 Å². The molecule has 0 spiro atoms. The molecule has 0 saturated carbocycles. The first-order valence-corrected chi connectivity index (χ1v) is 8.12. The van der Waals surface area contributed by atoms with Crippen molar-refractivity contribution in [3.8, 4) is 0 Å². The Morgan fingerprint density at radius 3 is 2.79 bits per heavy atom. The number of rotatable bonds is 4. The van der Waals surface area contributed by atoms with Gasteiger partial charge in [-0.05, 0) is 39.3 Å². The molecule has 3 heterocycles. The highest BCUT2D eigenvalue weighted by molar-refractivity contribution is 5.97. The number of aromatic amines is 1. The molecule has 2 aromatic rings. The number of fused-ring (bicyclic) bond motifs is 1. The Bertz CT molecular complexity index is 777. The van der Waals surface area contributed by atoms with E-state index in [1.165, 1.54) is 0 Å². The lowest BCUT2D eigenvalue weighted by molar-refractivity contribution is 0.0506. The summed E-state index contributed by atoms with van der Waals surface area (Å²) in [6, 6.07) is 1.59. The van der Waals surface area contributed by atoms with Gasteiger partial charge in [0.15, 0.2) is 5.65 Å². The minimum Gasteiger partial charge on any atom is -0.462 e.